The minimum absolute atomic E-state index is 0.107. The van der Waals surface area contributed by atoms with Gasteiger partial charge in [0, 0.05) is 0 Å². The number of carbonyl (C=O) groups excluding carboxylic acids is 3. The molecule has 0 fully saturated rings. The number of ether oxygens (including phenoxy) is 1. The van der Waals surface area contributed by atoms with Crippen LogP contribution in [0.4, 0.5) is 0 Å². The zero-order valence-corrected chi connectivity index (χ0v) is 12.3. The van der Waals surface area contributed by atoms with Gasteiger partial charge in [0.1, 0.15) is 11.5 Å². The second-order valence-electron chi connectivity index (χ2n) is 5.01. The molecule has 0 aliphatic carbocycles. The zero-order chi connectivity index (χ0) is 16.9. The number of benzene rings is 1. The largest absolute Gasteiger partial charge is 0.507 e. The van der Waals surface area contributed by atoms with Gasteiger partial charge in [-0.25, -0.2) is 0 Å². The lowest BCUT2D eigenvalue weighted by Gasteiger charge is -2.14. The van der Waals surface area contributed by atoms with E-state index in [2.05, 4.69) is 5.32 Å². The molecule has 0 heterocycles. The van der Waals surface area contributed by atoms with Crippen molar-refractivity contribution in [2.75, 3.05) is 6.61 Å². The minimum Gasteiger partial charge on any atom is -0.507 e. The first-order chi connectivity index (χ1) is 10.2. The Hall–Kier alpha value is -2.61. The van der Waals surface area contributed by atoms with Gasteiger partial charge in [-0.2, -0.15) is 0 Å². The molecular formula is C14H19N3O5. The number of carbonyl (C=O) groups is 3. The summed E-state index contributed by atoms with van der Waals surface area (Å²) in [5, 5.41) is 11.5. The second-order valence-corrected chi connectivity index (χ2v) is 5.01. The Bertz CT molecular complexity index is 586. The minimum atomic E-state index is -0.828. The molecule has 0 spiro atoms. The van der Waals surface area contributed by atoms with Gasteiger partial charge < -0.3 is 21.3 Å². The quantitative estimate of drug-likeness (QED) is 0.557. The third-order valence-corrected chi connectivity index (χ3v) is 2.89. The van der Waals surface area contributed by atoms with Crippen LogP contribution in [0, 0.1) is 5.92 Å². The molecule has 0 saturated heterocycles. The molecule has 0 saturated carbocycles. The Morgan fingerprint density at radius 1 is 1.32 bits per heavy atom. The first-order valence-corrected chi connectivity index (χ1v) is 6.57. The first kappa shape index (κ1) is 17.4. The molecule has 1 aromatic rings. The number of rotatable bonds is 6. The molecule has 1 rings (SSSR count). The molecule has 0 aliphatic heterocycles. The zero-order valence-electron chi connectivity index (χ0n) is 12.3. The van der Waals surface area contributed by atoms with Crippen molar-refractivity contribution in [3.05, 3.63) is 23.8 Å². The SMILES string of the molecule is CC(C)[C@H](N)C(=O)NC(=O)COc1ccc(O)c(C(N)=O)c1. The van der Waals surface area contributed by atoms with E-state index >= 15 is 0 Å². The van der Waals surface area contributed by atoms with Crippen LogP contribution in [0.25, 0.3) is 0 Å². The smallest absolute Gasteiger partial charge is 0.264 e. The molecule has 0 radical (unpaired) electrons. The highest BCUT2D eigenvalue weighted by molar-refractivity contribution is 5.98. The highest BCUT2D eigenvalue weighted by atomic mass is 16.5. The predicted octanol–water partition coefficient (Wildman–Crippen LogP) is -0.504. The van der Waals surface area contributed by atoms with Crippen molar-refractivity contribution in [3.63, 3.8) is 0 Å². The van der Waals surface area contributed by atoms with Crippen LogP contribution in [0.1, 0.15) is 24.2 Å². The summed E-state index contributed by atoms with van der Waals surface area (Å²) in [5.74, 6) is -2.33. The Morgan fingerprint density at radius 3 is 2.50 bits per heavy atom. The Balaban J connectivity index is 2.60. The molecule has 0 aliphatic rings. The maximum Gasteiger partial charge on any atom is 0.264 e. The highest BCUT2D eigenvalue weighted by Gasteiger charge is 2.19. The number of hydrogen-bond acceptors (Lipinski definition) is 6. The van der Waals surface area contributed by atoms with E-state index in [1.807, 2.05) is 0 Å². The molecule has 0 bridgehead atoms. The lowest BCUT2D eigenvalue weighted by atomic mass is 10.1. The van der Waals surface area contributed by atoms with Crippen molar-refractivity contribution in [2.45, 2.75) is 19.9 Å². The van der Waals surface area contributed by atoms with Crippen molar-refractivity contribution in [3.8, 4) is 11.5 Å². The summed E-state index contributed by atoms with van der Waals surface area (Å²) in [6.07, 6.45) is 0. The standard InChI is InChI=1S/C14H19N3O5/c1-7(2)12(15)14(21)17-11(19)6-22-8-3-4-10(18)9(5-8)13(16)20/h3-5,7,12,18H,6,15H2,1-2H3,(H2,16,20)(H,17,19,21)/t12-/m0/s1. The van der Waals surface area contributed by atoms with Crippen molar-refractivity contribution >= 4 is 17.7 Å². The summed E-state index contributed by atoms with van der Waals surface area (Å²) < 4.78 is 5.13. The van der Waals surface area contributed by atoms with Gasteiger partial charge in [-0.15, -0.1) is 0 Å². The number of amides is 3. The van der Waals surface area contributed by atoms with E-state index in [4.69, 9.17) is 16.2 Å². The lowest BCUT2D eigenvalue weighted by molar-refractivity contribution is -0.132. The third-order valence-electron chi connectivity index (χ3n) is 2.89. The first-order valence-electron chi connectivity index (χ1n) is 6.57. The van der Waals surface area contributed by atoms with Gasteiger partial charge in [0.15, 0.2) is 6.61 Å². The van der Waals surface area contributed by atoms with Crippen LogP contribution in [0.3, 0.4) is 0 Å². The predicted molar refractivity (Wildman–Crippen MR) is 78.1 cm³/mol. The van der Waals surface area contributed by atoms with Crippen LogP contribution in [0.5, 0.6) is 11.5 Å². The van der Waals surface area contributed by atoms with Gasteiger partial charge in [-0.1, -0.05) is 13.8 Å². The molecule has 22 heavy (non-hydrogen) atoms. The molecule has 8 nitrogen and oxygen atoms in total. The number of nitrogens with two attached hydrogens (primary N) is 2. The van der Waals surface area contributed by atoms with Gasteiger partial charge in [0.25, 0.3) is 11.8 Å². The van der Waals surface area contributed by atoms with Crippen LogP contribution in [0.15, 0.2) is 18.2 Å². The van der Waals surface area contributed by atoms with Crippen LogP contribution in [-0.2, 0) is 9.59 Å². The van der Waals surface area contributed by atoms with E-state index in [1.165, 1.54) is 18.2 Å². The van der Waals surface area contributed by atoms with Crippen LogP contribution in [-0.4, -0.2) is 35.5 Å². The number of phenols is 1. The monoisotopic (exact) mass is 309 g/mol. The summed E-state index contributed by atoms with van der Waals surface area (Å²) in [6, 6.07) is 2.98. The normalized spacial score (nSPS) is 11.8. The van der Waals surface area contributed by atoms with E-state index in [0.29, 0.717) is 0 Å². The number of imide groups is 1. The number of nitrogens with one attached hydrogen (secondary N) is 1. The third kappa shape index (κ3) is 4.74. The molecule has 1 aromatic carbocycles. The average Bonchev–Trinajstić information content (AvgIpc) is 2.44. The van der Waals surface area contributed by atoms with E-state index in [-0.39, 0.29) is 23.0 Å². The Labute approximate surface area is 127 Å². The molecule has 120 valence electrons. The van der Waals surface area contributed by atoms with E-state index in [0.717, 1.165) is 0 Å². The molecule has 0 unspecified atom stereocenters. The number of aromatic hydroxyl groups is 1. The van der Waals surface area contributed by atoms with Crippen molar-refractivity contribution in [1.29, 1.82) is 0 Å². The number of primary amides is 1. The fraction of sp³-hybridized carbons (Fsp3) is 0.357. The van der Waals surface area contributed by atoms with Crippen LogP contribution in [0.2, 0.25) is 0 Å². The Kier molecular flexibility index (Phi) is 5.88. The van der Waals surface area contributed by atoms with Gasteiger partial charge in [0.2, 0.25) is 5.91 Å². The molecule has 0 aromatic heterocycles. The van der Waals surface area contributed by atoms with Gasteiger partial charge in [-0.05, 0) is 24.1 Å². The average molecular weight is 309 g/mol. The fourth-order valence-electron chi connectivity index (χ4n) is 1.51. The van der Waals surface area contributed by atoms with Gasteiger partial charge >= 0.3 is 0 Å². The fourth-order valence-corrected chi connectivity index (χ4v) is 1.51. The maximum atomic E-state index is 11.6. The summed E-state index contributed by atoms with van der Waals surface area (Å²) in [5.41, 5.74) is 10.5. The van der Waals surface area contributed by atoms with Crippen molar-refractivity contribution < 1.29 is 24.2 Å². The van der Waals surface area contributed by atoms with Gasteiger partial charge in [0.05, 0.1) is 11.6 Å². The molecule has 1 atom stereocenters. The summed E-state index contributed by atoms with van der Waals surface area (Å²) in [4.78, 5) is 34.2. The van der Waals surface area contributed by atoms with Crippen LogP contribution >= 0.6 is 0 Å². The van der Waals surface area contributed by atoms with E-state index in [9.17, 15) is 19.5 Å². The number of hydrogen-bond donors (Lipinski definition) is 4. The highest BCUT2D eigenvalue weighted by Crippen LogP contribution is 2.22. The molecule has 6 N–H and O–H groups in total. The topological polar surface area (TPSA) is 145 Å². The second kappa shape index (κ2) is 7.41. The maximum absolute atomic E-state index is 11.6. The van der Waals surface area contributed by atoms with Gasteiger partial charge in [-0.3, -0.25) is 19.7 Å². The van der Waals surface area contributed by atoms with Crippen LogP contribution < -0.4 is 21.5 Å². The Morgan fingerprint density at radius 2 is 1.95 bits per heavy atom. The lowest BCUT2D eigenvalue weighted by Crippen LogP contribution is -2.47. The van der Waals surface area contributed by atoms with E-state index in [1.54, 1.807) is 13.8 Å². The summed E-state index contributed by atoms with van der Waals surface area (Å²) in [7, 11) is 0. The summed E-state index contributed by atoms with van der Waals surface area (Å²) in [6.45, 7) is 3.07. The van der Waals surface area contributed by atoms with Crippen molar-refractivity contribution in [2.24, 2.45) is 17.4 Å². The summed E-state index contributed by atoms with van der Waals surface area (Å²) >= 11 is 0. The van der Waals surface area contributed by atoms with E-state index < -0.39 is 30.4 Å². The molecular weight excluding hydrogens is 290 g/mol. The molecule has 8 heteroatoms. The van der Waals surface area contributed by atoms with Crippen molar-refractivity contribution in [1.82, 2.24) is 5.32 Å². The molecule has 3 amide bonds.